The first-order valence-corrected chi connectivity index (χ1v) is 6.98. The number of nitrogens with one attached hydrogen (secondary N) is 1. The number of benzene rings is 1. The molecule has 0 bridgehead atoms. The van der Waals surface area contributed by atoms with Crippen molar-refractivity contribution in [3.8, 4) is 5.75 Å². The zero-order chi connectivity index (χ0) is 13.4. The van der Waals surface area contributed by atoms with Gasteiger partial charge in [-0.15, -0.1) is 0 Å². The number of fused-ring (bicyclic) bond motifs is 1. The van der Waals surface area contributed by atoms with Crippen LogP contribution in [0.4, 0.5) is 0 Å². The van der Waals surface area contributed by atoms with Gasteiger partial charge in [0.25, 0.3) is 0 Å². The topological polar surface area (TPSA) is 64.3 Å². The van der Waals surface area contributed by atoms with Gasteiger partial charge in [0.15, 0.2) is 0 Å². The number of hydrogen-bond acceptors (Lipinski definition) is 3. The largest absolute Gasteiger partial charge is 0.493 e. The van der Waals surface area contributed by atoms with Gasteiger partial charge in [0.2, 0.25) is 5.91 Å². The van der Waals surface area contributed by atoms with Crippen molar-refractivity contribution in [3.63, 3.8) is 0 Å². The van der Waals surface area contributed by atoms with E-state index in [0.29, 0.717) is 6.61 Å². The SMILES string of the molecule is CC(N)c1ccc2c(c1)C(NC(=O)C1CC1)CCO2. The molecular weight excluding hydrogens is 240 g/mol. The lowest BCUT2D eigenvalue weighted by Crippen LogP contribution is -2.33. The lowest BCUT2D eigenvalue weighted by Gasteiger charge is -2.27. The first kappa shape index (κ1) is 12.5. The van der Waals surface area contributed by atoms with Crippen LogP contribution >= 0.6 is 0 Å². The van der Waals surface area contributed by atoms with Crippen molar-refractivity contribution in [2.45, 2.75) is 38.3 Å². The van der Waals surface area contributed by atoms with Crippen LogP contribution in [-0.2, 0) is 4.79 Å². The minimum absolute atomic E-state index is 0.00740. The van der Waals surface area contributed by atoms with Crippen LogP contribution in [-0.4, -0.2) is 12.5 Å². The Morgan fingerprint density at radius 2 is 2.21 bits per heavy atom. The lowest BCUT2D eigenvalue weighted by atomic mass is 9.96. The van der Waals surface area contributed by atoms with E-state index in [1.165, 1.54) is 0 Å². The van der Waals surface area contributed by atoms with Gasteiger partial charge in [0, 0.05) is 23.9 Å². The van der Waals surface area contributed by atoms with Crippen LogP contribution in [0.15, 0.2) is 18.2 Å². The Morgan fingerprint density at radius 1 is 1.42 bits per heavy atom. The molecule has 102 valence electrons. The summed E-state index contributed by atoms with van der Waals surface area (Å²) in [6.45, 7) is 2.61. The first-order valence-electron chi connectivity index (χ1n) is 6.98. The molecule has 1 fully saturated rings. The molecule has 3 N–H and O–H groups in total. The second-order valence-corrected chi connectivity index (χ2v) is 5.56. The molecule has 3 rings (SSSR count). The monoisotopic (exact) mass is 260 g/mol. The van der Waals surface area contributed by atoms with Gasteiger partial charge >= 0.3 is 0 Å². The minimum atomic E-state index is -0.00740. The number of nitrogens with two attached hydrogens (primary N) is 1. The van der Waals surface area contributed by atoms with Gasteiger partial charge in [-0.3, -0.25) is 4.79 Å². The third kappa shape index (κ3) is 2.59. The van der Waals surface area contributed by atoms with Crippen molar-refractivity contribution >= 4 is 5.91 Å². The summed E-state index contributed by atoms with van der Waals surface area (Å²) in [6, 6.07) is 6.08. The van der Waals surface area contributed by atoms with Crippen LogP contribution in [0.25, 0.3) is 0 Å². The van der Waals surface area contributed by atoms with Gasteiger partial charge in [-0.1, -0.05) is 6.07 Å². The van der Waals surface area contributed by atoms with Gasteiger partial charge in [-0.05, 0) is 37.5 Å². The molecule has 4 nitrogen and oxygen atoms in total. The fourth-order valence-corrected chi connectivity index (χ4v) is 2.48. The van der Waals surface area contributed by atoms with Crippen molar-refractivity contribution in [2.75, 3.05) is 6.61 Å². The van der Waals surface area contributed by atoms with E-state index in [1.807, 2.05) is 19.1 Å². The highest BCUT2D eigenvalue weighted by Crippen LogP contribution is 2.35. The van der Waals surface area contributed by atoms with Crippen molar-refractivity contribution in [1.29, 1.82) is 0 Å². The maximum atomic E-state index is 11.9. The lowest BCUT2D eigenvalue weighted by molar-refractivity contribution is -0.123. The quantitative estimate of drug-likeness (QED) is 0.874. The van der Waals surface area contributed by atoms with Crippen LogP contribution in [0.1, 0.15) is 49.4 Å². The van der Waals surface area contributed by atoms with Crippen LogP contribution in [0.3, 0.4) is 0 Å². The Balaban J connectivity index is 1.84. The average molecular weight is 260 g/mol. The zero-order valence-electron chi connectivity index (χ0n) is 11.2. The maximum Gasteiger partial charge on any atom is 0.223 e. The fraction of sp³-hybridized carbons (Fsp3) is 0.533. The molecule has 0 spiro atoms. The molecule has 0 aromatic heterocycles. The second-order valence-electron chi connectivity index (χ2n) is 5.56. The van der Waals surface area contributed by atoms with Crippen LogP contribution in [0.5, 0.6) is 5.75 Å². The third-order valence-corrected chi connectivity index (χ3v) is 3.86. The van der Waals surface area contributed by atoms with Gasteiger partial charge in [0.1, 0.15) is 5.75 Å². The fourth-order valence-electron chi connectivity index (χ4n) is 2.48. The molecule has 1 aromatic carbocycles. The van der Waals surface area contributed by atoms with E-state index in [9.17, 15) is 4.79 Å². The summed E-state index contributed by atoms with van der Waals surface area (Å²) in [5, 5.41) is 3.14. The predicted octanol–water partition coefficient (Wildman–Crippen LogP) is 2.06. The molecule has 1 saturated carbocycles. The van der Waals surface area contributed by atoms with E-state index in [0.717, 1.165) is 36.1 Å². The van der Waals surface area contributed by atoms with E-state index in [2.05, 4.69) is 11.4 Å². The molecule has 1 aliphatic carbocycles. The molecule has 2 unspecified atom stereocenters. The highest BCUT2D eigenvalue weighted by molar-refractivity contribution is 5.81. The first-order chi connectivity index (χ1) is 9.15. The van der Waals surface area contributed by atoms with Gasteiger partial charge < -0.3 is 15.8 Å². The molecule has 2 aliphatic rings. The Kier molecular flexibility index (Phi) is 3.19. The standard InChI is InChI=1S/C15H20N2O2/c1-9(16)11-4-5-14-12(8-11)13(6-7-19-14)17-15(18)10-2-3-10/h4-5,8-10,13H,2-3,6-7,16H2,1H3,(H,17,18). The van der Waals surface area contributed by atoms with Crippen molar-refractivity contribution in [2.24, 2.45) is 11.7 Å². The number of ether oxygens (including phenoxy) is 1. The van der Waals surface area contributed by atoms with Crippen LogP contribution in [0.2, 0.25) is 0 Å². The molecule has 4 heteroatoms. The second kappa shape index (κ2) is 4.85. The van der Waals surface area contributed by atoms with Gasteiger partial charge in [-0.2, -0.15) is 0 Å². The Labute approximate surface area is 113 Å². The number of rotatable bonds is 3. The normalized spacial score (nSPS) is 23.2. The summed E-state index contributed by atoms with van der Waals surface area (Å²) in [5.74, 6) is 1.30. The zero-order valence-corrected chi connectivity index (χ0v) is 11.2. The van der Waals surface area contributed by atoms with Crippen molar-refractivity contribution < 1.29 is 9.53 Å². The van der Waals surface area contributed by atoms with E-state index in [4.69, 9.17) is 10.5 Å². The van der Waals surface area contributed by atoms with E-state index in [-0.39, 0.29) is 23.9 Å². The highest BCUT2D eigenvalue weighted by atomic mass is 16.5. The number of carbonyl (C=O) groups is 1. The summed E-state index contributed by atoms with van der Waals surface area (Å²) in [4.78, 5) is 11.9. The summed E-state index contributed by atoms with van der Waals surface area (Å²) < 4.78 is 5.65. The van der Waals surface area contributed by atoms with E-state index >= 15 is 0 Å². The Bertz CT molecular complexity index is 495. The predicted molar refractivity (Wildman–Crippen MR) is 72.8 cm³/mol. The molecule has 1 aromatic rings. The van der Waals surface area contributed by atoms with Gasteiger partial charge in [-0.25, -0.2) is 0 Å². The molecule has 1 heterocycles. The summed E-state index contributed by atoms with van der Waals surface area (Å²) in [7, 11) is 0. The van der Waals surface area contributed by atoms with Gasteiger partial charge in [0.05, 0.1) is 12.6 Å². The van der Waals surface area contributed by atoms with Crippen molar-refractivity contribution in [3.05, 3.63) is 29.3 Å². The Morgan fingerprint density at radius 3 is 2.89 bits per heavy atom. The summed E-state index contributed by atoms with van der Waals surface area (Å²) in [5.41, 5.74) is 8.07. The maximum absolute atomic E-state index is 11.9. The molecule has 1 aliphatic heterocycles. The summed E-state index contributed by atoms with van der Waals surface area (Å²) in [6.07, 6.45) is 2.89. The van der Waals surface area contributed by atoms with Crippen LogP contribution in [0, 0.1) is 5.92 Å². The molecule has 1 amide bonds. The van der Waals surface area contributed by atoms with Crippen LogP contribution < -0.4 is 15.8 Å². The molecule has 19 heavy (non-hydrogen) atoms. The molecule has 0 radical (unpaired) electrons. The number of hydrogen-bond donors (Lipinski definition) is 2. The molecule has 2 atom stereocenters. The highest BCUT2D eigenvalue weighted by Gasteiger charge is 2.32. The number of amides is 1. The molecule has 0 saturated heterocycles. The summed E-state index contributed by atoms with van der Waals surface area (Å²) >= 11 is 0. The number of carbonyl (C=O) groups excluding carboxylic acids is 1. The third-order valence-electron chi connectivity index (χ3n) is 3.86. The van der Waals surface area contributed by atoms with E-state index in [1.54, 1.807) is 0 Å². The average Bonchev–Trinajstić information content (AvgIpc) is 3.22. The van der Waals surface area contributed by atoms with Crippen molar-refractivity contribution in [1.82, 2.24) is 5.32 Å². The minimum Gasteiger partial charge on any atom is -0.493 e. The molecular formula is C15H20N2O2. The smallest absolute Gasteiger partial charge is 0.223 e. The van der Waals surface area contributed by atoms with E-state index < -0.39 is 0 Å². The Hall–Kier alpha value is -1.55.